The number of esters is 1. The molecule has 0 saturated heterocycles. The Morgan fingerprint density at radius 1 is 1.03 bits per heavy atom. The van der Waals surface area contributed by atoms with Gasteiger partial charge in [-0.1, -0.05) is 36.4 Å². The zero-order valence-corrected chi connectivity index (χ0v) is 15.0. The van der Waals surface area contributed by atoms with Gasteiger partial charge in [0.1, 0.15) is 12.0 Å². The maximum atomic E-state index is 12.2. The number of fused-ring (bicyclic) bond motifs is 1. The van der Waals surface area contributed by atoms with Crippen molar-refractivity contribution in [2.24, 2.45) is 5.73 Å². The summed E-state index contributed by atoms with van der Waals surface area (Å²) in [6, 6.07) is 16.5. The molecule has 2 heterocycles. The Morgan fingerprint density at radius 2 is 1.83 bits per heavy atom. The van der Waals surface area contributed by atoms with E-state index in [2.05, 4.69) is 10.2 Å². The van der Waals surface area contributed by atoms with Crippen LogP contribution in [0.2, 0.25) is 0 Å². The molecule has 0 aliphatic rings. The van der Waals surface area contributed by atoms with Crippen LogP contribution in [0.1, 0.15) is 31.4 Å². The van der Waals surface area contributed by atoms with Crippen molar-refractivity contribution in [3.8, 4) is 11.3 Å². The van der Waals surface area contributed by atoms with Crippen LogP contribution in [-0.2, 0) is 4.74 Å². The first-order valence-electron chi connectivity index (χ1n) is 8.64. The van der Waals surface area contributed by atoms with E-state index in [1.165, 1.54) is 6.07 Å². The summed E-state index contributed by atoms with van der Waals surface area (Å²) in [5, 5.41) is 8.91. The number of nitrogens with zero attached hydrogens (tertiary/aromatic N) is 1. The summed E-state index contributed by atoms with van der Waals surface area (Å²) >= 11 is 0. The van der Waals surface area contributed by atoms with E-state index in [0.717, 1.165) is 22.6 Å². The molecule has 0 unspecified atom stereocenters. The average molecular weight is 389 g/mol. The second kappa shape index (κ2) is 7.43. The number of nitrogens with two attached hydrogens (primary N) is 1. The van der Waals surface area contributed by atoms with E-state index in [1.54, 1.807) is 6.07 Å². The highest BCUT2D eigenvalue weighted by Gasteiger charge is 2.18. The molecule has 0 atom stereocenters. The van der Waals surface area contributed by atoms with Crippen molar-refractivity contribution in [3.63, 3.8) is 0 Å². The number of aromatic amines is 1. The lowest BCUT2D eigenvalue weighted by molar-refractivity contribution is 0.0462. The van der Waals surface area contributed by atoms with Crippen molar-refractivity contribution < 1.29 is 23.5 Å². The van der Waals surface area contributed by atoms with Gasteiger partial charge in [-0.25, -0.2) is 4.79 Å². The van der Waals surface area contributed by atoms with Gasteiger partial charge in [0.2, 0.25) is 5.78 Å². The number of aromatic nitrogens is 2. The van der Waals surface area contributed by atoms with Gasteiger partial charge in [-0.15, -0.1) is 0 Å². The average Bonchev–Trinajstić information content (AvgIpc) is 3.41. The molecule has 0 bridgehead atoms. The maximum Gasteiger partial charge on any atom is 0.356 e. The third-order valence-electron chi connectivity index (χ3n) is 4.34. The number of furan rings is 1. The number of rotatable bonds is 6. The van der Waals surface area contributed by atoms with Crippen molar-refractivity contribution in [2.75, 3.05) is 6.61 Å². The predicted octanol–water partition coefficient (Wildman–Crippen LogP) is 2.96. The van der Waals surface area contributed by atoms with E-state index in [1.807, 2.05) is 42.5 Å². The van der Waals surface area contributed by atoms with Crippen LogP contribution < -0.4 is 5.73 Å². The Kier molecular flexibility index (Phi) is 4.66. The third kappa shape index (κ3) is 3.77. The second-order valence-electron chi connectivity index (χ2n) is 6.29. The number of amides is 1. The Labute approximate surface area is 164 Å². The number of benzene rings is 2. The van der Waals surface area contributed by atoms with Crippen molar-refractivity contribution >= 4 is 28.4 Å². The summed E-state index contributed by atoms with van der Waals surface area (Å²) in [6.45, 7) is -0.547. The molecule has 8 nitrogen and oxygen atoms in total. The Balaban J connectivity index is 1.43. The number of nitrogens with one attached hydrogen (secondary N) is 1. The number of ether oxygens (including phenoxy) is 1. The van der Waals surface area contributed by atoms with Gasteiger partial charge in [-0.2, -0.15) is 5.10 Å². The van der Waals surface area contributed by atoms with Crippen LogP contribution in [0.4, 0.5) is 0 Å². The van der Waals surface area contributed by atoms with Crippen LogP contribution >= 0.6 is 0 Å². The minimum Gasteiger partial charge on any atom is -0.460 e. The minimum absolute atomic E-state index is 0.0632. The fourth-order valence-electron chi connectivity index (χ4n) is 2.81. The standard InChI is InChI=1S/C21H15N3O5/c22-20(26)15-8-19(28-10-15)18(25)11-29-21(27)17-9-16(23-24-17)14-6-5-12-3-1-2-4-13(12)7-14/h1-10H,11H2,(H2,22,26)(H,23,24). The van der Waals surface area contributed by atoms with E-state index in [9.17, 15) is 14.4 Å². The largest absolute Gasteiger partial charge is 0.460 e. The zero-order valence-electron chi connectivity index (χ0n) is 15.0. The van der Waals surface area contributed by atoms with Crippen LogP contribution in [0.5, 0.6) is 0 Å². The molecule has 0 aliphatic heterocycles. The van der Waals surface area contributed by atoms with Crippen molar-refractivity contribution in [1.29, 1.82) is 0 Å². The van der Waals surface area contributed by atoms with Gasteiger partial charge in [-0.3, -0.25) is 14.7 Å². The first-order chi connectivity index (χ1) is 14.0. The highest BCUT2D eigenvalue weighted by Crippen LogP contribution is 2.23. The maximum absolute atomic E-state index is 12.2. The van der Waals surface area contributed by atoms with Gasteiger partial charge in [0, 0.05) is 11.6 Å². The van der Waals surface area contributed by atoms with E-state index < -0.39 is 24.3 Å². The minimum atomic E-state index is -0.737. The predicted molar refractivity (Wildman–Crippen MR) is 103 cm³/mol. The van der Waals surface area contributed by atoms with Crippen molar-refractivity contribution in [2.45, 2.75) is 0 Å². The summed E-state index contributed by atoms with van der Waals surface area (Å²) < 4.78 is 9.96. The molecule has 2 aromatic heterocycles. The molecule has 29 heavy (non-hydrogen) atoms. The highest BCUT2D eigenvalue weighted by molar-refractivity contribution is 6.00. The van der Waals surface area contributed by atoms with Gasteiger partial charge in [0.05, 0.1) is 11.3 Å². The van der Waals surface area contributed by atoms with Gasteiger partial charge in [0.15, 0.2) is 12.4 Å². The molecule has 0 spiro atoms. The normalized spacial score (nSPS) is 10.8. The van der Waals surface area contributed by atoms with Crippen LogP contribution in [0.15, 0.2) is 65.3 Å². The number of hydrogen-bond donors (Lipinski definition) is 2. The van der Waals surface area contributed by atoms with E-state index in [4.69, 9.17) is 14.9 Å². The Bertz CT molecular complexity index is 1240. The summed E-state index contributed by atoms with van der Waals surface area (Å²) in [5.74, 6) is -2.17. The quantitative estimate of drug-likeness (QED) is 0.385. The summed E-state index contributed by atoms with van der Waals surface area (Å²) in [4.78, 5) is 35.3. The molecule has 4 rings (SSSR count). The molecule has 1 amide bonds. The van der Waals surface area contributed by atoms with Crippen LogP contribution in [-0.4, -0.2) is 34.5 Å². The monoisotopic (exact) mass is 389 g/mol. The number of carbonyl (C=O) groups excluding carboxylic acids is 3. The van der Waals surface area contributed by atoms with Gasteiger partial charge < -0.3 is 14.9 Å². The number of ketones is 1. The third-order valence-corrected chi connectivity index (χ3v) is 4.34. The van der Waals surface area contributed by atoms with Crippen LogP contribution in [0, 0.1) is 0 Å². The molecule has 0 fully saturated rings. The van der Waals surface area contributed by atoms with E-state index in [0.29, 0.717) is 5.69 Å². The van der Waals surface area contributed by atoms with Gasteiger partial charge >= 0.3 is 5.97 Å². The topological polar surface area (TPSA) is 128 Å². The van der Waals surface area contributed by atoms with Crippen LogP contribution in [0.3, 0.4) is 0 Å². The summed E-state index contributed by atoms with van der Waals surface area (Å²) in [6.07, 6.45) is 1.07. The number of carbonyl (C=O) groups is 3. The van der Waals surface area contributed by atoms with Crippen LogP contribution in [0.25, 0.3) is 22.0 Å². The van der Waals surface area contributed by atoms with Gasteiger partial charge in [-0.05, 0) is 22.9 Å². The smallest absolute Gasteiger partial charge is 0.356 e. The number of hydrogen-bond acceptors (Lipinski definition) is 6. The first-order valence-corrected chi connectivity index (χ1v) is 8.64. The molecule has 0 aliphatic carbocycles. The fourth-order valence-corrected chi connectivity index (χ4v) is 2.81. The van der Waals surface area contributed by atoms with E-state index >= 15 is 0 Å². The molecule has 4 aromatic rings. The number of Topliss-reactive ketones (excluding diaryl/α,β-unsaturated/α-hetero) is 1. The molecule has 0 saturated carbocycles. The number of primary amides is 1. The summed E-state index contributed by atoms with van der Waals surface area (Å²) in [5.41, 5.74) is 6.69. The van der Waals surface area contributed by atoms with E-state index in [-0.39, 0.29) is 17.0 Å². The lowest BCUT2D eigenvalue weighted by atomic mass is 10.1. The SMILES string of the molecule is NC(=O)c1coc(C(=O)COC(=O)c2cc(-c3ccc4ccccc4c3)n[nH]2)c1. The summed E-state index contributed by atoms with van der Waals surface area (Å²) in [7, 11) is 0. The molecular weight excluding hydrogens is 374 g/mol. The first kappa shape index (κ1) is 18.2. The fraction of sp³-hybridized carbons (Fsp3) is 0.0476. The molecular formula is C21H15N3O5. The molecule has 2 aromatic carbocycles. The lowest BCUT2D eigenvalue weighted by Crippen LogP contribution is -2.14. The van der Waals surface area contributed by atoms with Crippen molar-refractivity contribution in [3.05, 3.63) is 77.9 Å². The molecule has 144 valence electrons. The number of H-pyrrole nitrogens is 1. The lowest BCUT2D eigenvalue weighted by Gasteiger charge is -2.01. The highest BCUT2D eigenvalue weighted by atomic mass is 16.5. The molecule has 3 N–H and O–H groups in total. The Morgan fingerprint density at radius 3 is 2.59 bits per heavy atom. The van der Waals surface area contributed by atoms with Gasteiger partial charge in [0.25, 0.3) is 5.91 Å². The molecule has 8 heteroatoms. The second-order valence-corrected chi connectivity index (χ2v) is 6.29. The van der Waals surface area contributed by atoms with Crippen molar-refractivity contribution in [1.82, 2.24) is 10.2 Å². The molecule has 0 radical (unpaired) electrons. The zero-order chi connectivity index (χ0) is 20.4. The Hall–Kier alpha value is -4.20.